The normalized spacial score (nSPS) is 27.8. The van der Waals surface area contributed by atoms with Gasteiger partial charge in [0.2, 0.25) is 0 Å². The lowest BCUT2D eigenvalue weighted by Gasteiger charge is -2.26. The van der Waals surface area contributed by atoms with Crippen LogP contribution in [0.15, 0.2) is 0 Å². The first-order valence-electron chi connectivity index (χ1n) is 7.71. The van der Waals surface area contributed by atoms with E-state index in [1.807, 2.05) is 0 Å². The maximum Gasteiger partial charge on any atom is -0.0234 e. The van der Waals surface area contributed by atoms with Crippen molar-refractivity contribution in [3.05, 3.63) is 0 Å². The smallest absolute Gasteiger partial charge is 0.0234 e. The van der Waals surface area contributed by atoms with Crippen molar-refractivity contribution in [3.8, 4) is 0 Å². The summed E-state index contributed by atoms with van der Waals surface area (Å²) in [5, 5.41) is 0. The fourth-order valence-corrected chi connectivity index (χ4v) is 5.55. The molecule has 1 heteroatoms. The summed E-state index contributed by atoms with van der Waals surface area (Å²) in [5.41, 5.74) is 2.26. The Labute approximate surface area is 104 Å². The molecule has 0 N–H and O–H groups in total. The fourth-order valence-electron chi connectivity index (χ4n) is 3.40. The maximum atomic E-state index is 1.56. The Bertz CT molecular complexity index is 162. The third-order valence-corrected chi connectivity index (χ3v) is 6.53. The van der Waals surface area contributed by atoms with Gasteiger partial charge in [0.05, 0.1) is 0 Å². The highest BCUT2D eigenvalue weighted by Crippen LogP contribution is 2.40. The summed E-state index contributed by atoms with van der Waals surface area (Å²) in [7, 11) is 1.32. The van der Waals surface area contributed by atoms with Crippen molar-refractivity contribution in [2.75, 3.05) is 0 Å². The molecular formula is C15H29P. The average molecular weight is 240 g/mol. The van der Waals surface area contributed by atoms with Gasteiger partial charge in [0.1, 0.15) is 0 Å². The molecule has 0 aromatic heterocycles. The Morgan fingerprint density at radius 3 is 1.19 bits per heavy atom. The summed E-state index contributed by atoms with van der Waals surface area (Å²) in [5.74, 6) is 0. The monoisotopic (exact) mass is 240 g/mol. The Kier molecular flexibility index (Phi) is 6.19. The highest BCUT2D eigenvalue weighted by molar-refractivity contribution is 7.39. The highest BCUT2D eigenvalue weighted by Gasteiger charge is 2.18. The van der Waals surface area contributed by atoms with Gasteiger partial charge in [0.25, 0.3) is 0 Å². The standard InChI is InChI=1S/C15H29P/c1-2-4-7-11-14(10-6-3-1)16-15-12-8-5-9-13-15/h14-16H,1-13H2. The van der Waals surface area contributed by atoms with Crippen LogP contribution >= 0.6 is 8.58 Å². The van der Waals surface area contributed by atoms with Crippen molar-refractivity contribution in [2.45, 2.75) is 94.8 Å². The predicted octanol–water partition coefficient (Wildman–Crippen LogP) is 5.50. The van der Waals surface area contributed by atoms with E-state index in [0.29, 0.717) is 0 Å². The number of hydrogen-bond donors (Lipinski definition) is 0. The SMILES string of the molecule is C1CCCCC(PC2CCCCC2)CCC1. The molecule has 0 saturated heterocycles. The second-order valence-electron chi connectivity index (χ2n) is 5.90. The molecule has 0 radical (unpaired) electrons. The second-order valence-corrected chi connectivity index (χ2v) is 7.86. The summed E-state index contributed by atoms with van der Waals surface area (Å²) >= 11 is 0. The largest absolute Gasteiger partial charge is 0.116 e. The van der Waals surface area contributed by atoms with E-state index in [-0.39, 0.29) is 0 Å². The first kappa shape index (κ1) is 12.9. The van der Waals surface area contributed by atoms with Crippen LogP contribution in [0.5, 0.6) is 0 Å². The van der Waals surface area contributed by atoms with Crippen LogP contribution < -0.4 is 0 Å². The van der Waals surface area contributed by atoms with Crippen molar-refractivity contribution >= 4 is 8.58 Å². The van der Waals surface area contributed by atoms with E-state index >= 15 is 0 Å². The van der Waals surface area contributed by atoms with E-state index in [1.165, 1.54) is 66.4 Å². The molecule has 2 saturated carbocycles. The molecule has 0 aromatic rings. The minimum atomic E-state index is 1.13. The first-order chi connectivity index (χ1) is 7.95. The summed E-state index contributed by atoms with van der Waals surface area (Å²) < 4.78 is 0. The average Bonchev–Trinajstić information content (AvgIpc) is 2.45. The van der Waals surface area contributed by atoms with Gasteiger partial charge in [-0.2, -0.15) is 0 Å². The third-order valence-electron chi connectivity index (χ3n) is 4.43. The lowest BCUT2D eigenvalue weighted by molar-refractivity contribution is 0.508. The van der Waals surface area contributed by atoms with E-state index in [9.17, 15) is 0 Å². The lowest BCUT2D eigenvalue weighted by Crippen LogP contribution is -2.12. The first-order valence-corrected chi connectivity index (χ1v) is 8.87. The van der Waals surface area contributed by atoms with Gasteiger partial charge < -0.3 is 0 Å². The van der Waals surface area contributed by atoms with Crippen molar-refractivity contribution in [3.63, 3.8) is 0 Å². The molecule has 2 fully saturated rings. The topological polar surface area (TPSA) is 0 Å². The molecule has 0 aromatic carbocycles. The van der Waals surface area contributed by atoms with Crippen molar-refractivity contribution in [1.82, 2.24) is 0 Å². The molecule has 1 unspecified atom stereocenters. The van der Waals surface area contributed by atoms with Crippen molar-refractivity contribution < 1.29 is 0 Å². The Morgan fingerprint density at radius 1 is 0.438 bits per heavy atom. The fraction of sp³-hybridized carbons (Fsp3) is 1.00. The Morgan fingerprint density at radius 2 is 0.750 bits per heavy atom. The molecule has 0 bridgehead atoms. The van der Waals surface area contributed by atoms with Crippen LogP contribution in [0.3, 0.4) is 0 Å². The van der Waals surface area contributed by atoms with Crippen LogP contribution in [-0.2, 0) is 0 Å². The molecule has 1 atom stereocenters. The van der Waals surface area contributed by atoms with Gasteiger partial charge in [-0.25, -0.2) is 0 Å². The van der Waals surface area contributed by atoms with E-state index in [0.717, 1.165) is 11.3 Å². The molecule has 2 rings (SSSR count). The number of hydrogen-bond acceptors (Lipinski definition) is 0. The van der Waals surface area contributed by atoms with Gasteiger partial charge in [-0.3, -0.25) is 0 Å². The van der Waals surface area contributed by atoms with Crippen LogP contribution in [-0.4, -0.2) is 11.3 Å². The molecule has 0 spiro atoms. The minimum Gasteiger partial charge on any atom is -0.116 e. The molecule has 0 aliphatic heterocycles. The molecule has 94 valence electrons. The summed E-state index contributed by atoms with van der Waals surface area (Å²) in [6.07, 6.45) is 20.0. The van der Waals surface area contributed by atoms with E-state index in [1.54, 1.807) is 25.7 Å². The Hall–Kier alpha value is 0.430. The molecule has 16 heavy (non-hydrogen) atoms. The molecule has 0 nitrogen and oxygen atoms in total. The van der Waals surface area contributed by atoms with Gasteiger partial charge in [0, 0.05) is 0 Å². The molecule has 2 aliphatic rings. The van der Waals surface area contributed by atoms with Gasteiger partial charge in [-0.05, 0) is 37.0 Å². The van der Waals surface area contributed by atoms with Gasteiger partial charge in [-0.1, -0.05) is 57.8 Å². The van der Waals surface area contributed by atoms with Crippen LogP contribution in [0.1, 0.15) is 83.5 Å². The highest BCUT2D eigenvalue weighted by atomic mass is 31.1. The zero-order chi connectivity index (χ0) is 11.1. The second kappa shape index (κ2) is 7.70. The van der Waals surface area contributed by atoms with Crippen LogP contribution in [0.2, 0.25) is 0 Å². The zero-order valence-corrected chi connectivity index (χ0v) is 11.8. The summed E-state index contributed by atoms with van der Waals surface area (Å²) in [4.78, 5) is 0. The van der Waals surface area contributed by atoms with Crippen LogP contribution in [0.4, 0.5) is 0 Å². The molecule has 0 amide bonds. The zero-order valence-electron chi connectivity index (χ0n) is 10.8. The quantitative estimate of drug-likeness (QED) is 0.559. The van der Waals surface area contributed by atoms with Crippen LogP contribution in [0.25, 0.3) is 0 Å². The number of rotatable bonds is 2. The van der Waals surface area contributed by atoms with Gasteiger partial charge in [0.15, 0.2) is 0 Å². The van der Waals surface area contributed by atoms with E-state index < -0.39 is 0 Å². The maximum absolute atomic E-state index is 1.56. The van der Waals surface area contributed by atoms with E-state index in [4.69, 9.17) is 0 Å². The van der Waals surface area contributed by atoms with E-state index in [2.05, 4.69) is 0 Å². The van der Waals surface area contributed by atoms with Gasteiger partial charge in [-0.15, -0.1) is 8.58 Å². The molecule has 2 aliphatic carbocycles. The summed E-state index contributed by atoms with van der Waals surface area (Å²) in [6, 6.07) is 0. The molecular weight excluding hydrogens is 211 g/mol. The van der Waals surface area contributed by atoms with Crippen molar-refractivity contribution in [1.29, 1.82) is 0 Å². The predicted molar refractivity (Wildman–Crippen MR) is 75.9 cm³/mol. The Balaban J connectivity index is 1.71. The van der Waals surface area contributed by atoms with Crippen LogP contribution in [0, 0.1) is 0 Å². The third kappa shape index (κ3) is 4.74. The summed E-state index contributed by atoms with van der Waals surface area (Å²) in [6.45, 7) is 0. The lowest BCUT2D eigenvalue weighted by atomic mass is 10.0. The minimum absolute atomic E-state index is 1.13. The van der Waals surface area contributed by atoms with Gasteiger partial charge >= 0.3 is 0 Å². The molecule has 0 heterocycles. The van der Waals surface area contributed by atoms with Crippen molar-refractivity contribution in [2.24, 2.45) is 0 Å².